The first-order valence-corrected chi connectivity index (χ1v) is 10.6. The minimum Gasteiger partial charge on any atom is -0.454 e. The molecule has 0 radical (unpaired) electrons. The number of para-hydroxylation sites is 1. The van der Waals surface area contributed by atoms with Crippen LogP contribution in [0.1, 0.15) is 39.5 Å². The zero-order valence-corrected chi connectivity index (χ0v) is 18.0. The van der Waals surface area contributed by atoms with Crippen molar-refractivity contribution in [2.75, 3.05) is 16.4 Å². The first-order chi connectivity index (χ1) is 14.9. The summed E-state index contributed by atoms with van der Waals surface area (Å²) in [7, 11) is 0. The lowest BCUT2D eigenvalue weighted by molar-refractivity contribution is -0.117. The molecule has 9 nitrogen and oxygen atoms in total. The van der Waals surface area contributed by atoms with E-state index in [9.17, 15) is 9.59 Å². The number of rotatable bonds is 7. The smallest absolute Gasteiger partial charge is 0.341 e. The number of benzene rings is 1. The van der Waals surface area contributed by atoms with Crippen LogP contribution in [0.2, 0.25) is 0 Å². The minimum absolute atomic E-state index is 0.0134. The van der Waals surface area contributed by atoms with Crippen molar-refractivity contribution in [2.24, 2.45) is 5.92 Å². The van der Waals surface area contributed by atoms with Crippen molar-refractivity contribution in [3.05, 3.63) is 52.2 Å². The van der Waals surface area contributed by atoms with Gasteiger partial charge in [-0.25, -0.2) is 4.79 Å². The van der Waals surface area contributed by atoms with Gasteiger partial charge in [-0.05, 0) is 44.4 Å². The Morgan fingerprint density at radius 1 is 1.16 bits per heavy atom. The Morgan fingerprint density at radius 3 is 2.61 bits per heavy atom. The molecule has 1 aliphatic rings. The predicted octanol–water partition coefficient (Wildman–Crippen LogP) is 3.58. The zero-order valence-electron chi connectivity index (χ0n) is 17.1. The van der Waals surface area contributed by atoms with Gasteiger partial charge in [0.1, 0.15) is 5.00 Å². The third-order valence-electron chi connectivity index (χ3n) is 4.84. The minimum atomic E-state index is -0.551. The molecule has 0 unspecified atom stereocenters. The molecule has 0 bridgehead atoms. The molecule has 0 aliphatic heterocycles. The number of carbonyl (C=O) groups is 2. The summed E-state index contributed by atoms with van der Waals surface area (Å²) in [4.78, 5) is 38.3. The highest BCUT2D eigenvalue weighted by atomic mass is 32.1. The molecule has 10 heteroatoms. The third kappa shape index (κ3) is 4.97. The number of aryl methyl sites for hydroxylation is 1. The number of carbonyl (C=O) groups excluding carboxylic acids is 2. The fourth-order valence-corrected chi connectivity index (χ4v) is 3.98. The SMILES string of the molecule is Cc1sc(NC(=O)C2CC2)c(C(=O)OCc2nc(N)nc(Nc3ccccc3)n2)c1C. The lowest BCUT2D eigenvalue weighted by Gasteiger charge is -2.09. The van der Waals surface area contributed by atoms with E-state index < -0.39 is 5.97 Å². The van der Waals surface area contributed by atoms with Crippen molar-refractivity contribution >= 4 is 45.8 Å². The Kier molecular flexibility index (Phi) is 5.81. The highest BCUT2D eigenvalue weighted by molar-refractivity contribution is 7.16. The molecule has 1 fully saturated rings. The maximum Gasteiger partial charge on any atom is 0.341 e. The number of ether oxygens (including phenoxy) is 1. The fourth-order valence-electron chi connectivity index (χ4n) is 2.93. The first-order valence-electron chi connectivity index (χ1n) is 9.81. The molecule has 1 saturated carbocycles. The predicted molar refractivity (Wildman–Crippen MR) is 118 cm³/mol. The van der Waals surface area contributed by atoms with E-state index in [0.29, 0.717) is 10.6 Å². The van der Waals surface area contributed by atoms with E-state index in [1.165, 1.54) is 11.3 Å². The van der Waals surface area contributed by atoms with Gasteiger partial charge in [-0.2, -0.15) is 15.0 Å². The van der Waals surface area contributed by atoms with Crippen molar-refractivity contribution in [3.8, 4) is 0 Å². The topological polar surface area (TPSA) is 132 Å². The maximum atomic E-state index is 12.8. The Bertz CT molecular complexity index is 1130. The Balaban J connectivity index is 1.47. The molecule has 4 rings (SSSR count). The molecule has 2 aromatic heterocycles. The molecular weight excluding hydrogens is 416 g/mol. The lowest BCUT2D eigenvalue weighted by Crippen LogP contribution is -2.16. The van der Waals surface area contributed by atoms with Crippen molar-refractivity contribution in [1.29, 1.82) is 0 Å². The number of nitrogens with one attached hydrogen (secondary N) is 2. The molecule has 2 heterocycles. The largest absolute Gasteiger partial charge is 0.454 e. The highest BCUT2D eigenvalue weighted by Gasteiger charge is 2.31. The molecule has 1 aromatic carbocycles. The molecular formula is C21H22N6O3S. The molecule has 3 aromatic rings. The second kappa shape index (κ2) is 8.68. The molecule has 0 saturated heterocycles. The first kappa shape index (κ1) is 20.7. The number of aromatic nitrogens is 3. The second-order valence-electron chi connectivity index (χ2n) is 7.25. The Labute approximate surface area is 183 Å². The molecule has 0 atom stereocenters. The van der Waals surface area contributed by atoms with Crippen LogP contribution in [-0.2, 0) is 16.1 Å². The van der Waals surface area contributed by atoms with Gasteiger partial charge in [0.15, 0.2) is 12.4 Å². The summed E-state index contributed by atoms with van der Waals surface area (Å²) in [6, 6.07) is 9.37. The summed E-state index contributed by atoms with van der Waals surface area (Å²) in [6.45, 7) is 3.55. The van der Waals surface area contributed by atoms with Gasteiger partial charge in [0.2, 0.25) is 17.8 Å². The van der Waals surface area contributed by atoms with Crippen LogP contribution in [0, 0.1) is 19.8 Å². The van der Waals surface area contributed by atoms with Crippen LogP contribution in [0.3, 0.4) is 0 Å². The van der Waals surface area contributed by atoms with E-state index >= 15 is 0 Å². The van der Waals surface area contributed by atoms with Gasteiger partial charge in [0.05, 0.1) is 5.56 Å². The van der Waals surface area contributed by atoms with Gasteiger partial charge in [-0.3, -0.25) is 4.79 Å². The lowest BCUT2D eigenvalue weighted by atomic mass is 10.1. The van der Waals surface area contributed by atoms with E-state index in [4.69, 9.17) is 10.5 Å². The zero-order chi connectivity index (χ0) is 22.0. The average Bonchev–Trinajstić information content (AvgIpc) is 3.54. The highest BCUT2D eigenvalue weighted by Crippen LogP contribution is 2.36. The van der Waals surface area contributed by atoms with Gasteiger partial charge in [0.25, 0.3) is 0 Å². The molecule has 4 N–H and O–H groups in total. The summed E-state index contributed by atoms with van der Waals surface area (Å²) >= 11 is 1.37. The van der Waals surface area contributed by atoms with Crippen LogP contribution in [0.25, 0.3) is 0 Å². The number of thiophene rings is 1. The van der Waals surface area contributed by atoms with Gasteiger partial charge in [-0.1, -0.05) is 18.2 Å². The molecule has 0 spiro atoms. The van der Waals surface area contributed by atoms with Crippen molar-refractivity contribution in [3.63, 3.8) is 0 Å². The van der Waals surface area contributed by atoms with Gasteiger partial charge in [-0.15, -0.1) is 11.3 Å². The molecule has 1 aliphatic carbocycles. The molecule has 1 amide bonds. The number of anilines is 4. The van der Waals surface area contributed by atoms with E-state index in [2.05, 4.69) is 25.6 Å². The number of nitrogens with two attached hydrogens (primary N) is 1. The van der Waals surface area contributed by atoms with Crippen molar-refractivity contribution in [1.82, 2.24) is 15.0 Å². The standard InChI is InChI=1S/C21H22N6O3S/c1-11-12(2)31-18(26-17(28)13-8-9-13)16(11)19(29)30-10-15-24-20(22)27-21(25-15)23-14-6-4-3-5-7-14/h3-7,13H,8-10H2,1-2H3,(H,26,28)(H3,22,23,24,25,27). The molecule has 160 valence electrons. The van der Waals surface area contributed by atoms with E-state index in [0.717, 1.165) is 29.0 Å². The summed E-state index contributed by atoms with van der Waals surface area (Å²) in [5, 5.41) is 6.41. The normalized spacial score (nSPS) is 13.0. The number of esters is 1. The van der Waals surface area contributed by atoms with E-state index in [-0.39, 0.29) is 36.2 Å². The second-order valence-corrected chi connectivity index (χ2v) is 8.48. The fraction of sp³-hybridized carbons (Fsp3) is 0.286. The summed E-state index contributed by atoms with van der Waals surface area (Å²) in [6.07, 6.45) is 1.77. The number of hydrogen-bond donors (Lipinski definition) is 3. The summed E-state index contributed by atoms with van der Waals surface area (Å²) in [5.74, 6) is -0.0893. The number of nitrogens with zero attached hydrogens (tertiary/aromatic N) is 3. The quantitative estimate of drug-likeness (QED) is 0.477. The van der Waals surface area contributed by atoms with Gasteiger partial charge in [0, 0.05) is 16.5 Å². The van der Waals surface area contributed by atoms with Gasteiger partial charge >= 0.3 is 5.97 Å². The number of nitrogen functional groups attached to an aromatic ring is 1. The van der Waals surface area contributed by atoms with Crippen LogP contribution in [-0.4, -0.2) is 26.8 Å². The van der Waals surface area contributed by atoms with Crippen LogP contribution < -0.4 is 16.4 Å². The van der Waals surface area contributed by atoms with E-state index in [1.807, 2.05) is 44.2 Å². The third-order valence-corrected chi connectivity index (χ3v) is 5.96. The van der Waals surface area contributed by atoms with Crippen LogP contribution in [0.4, 0.5) is 22.6 Å². The van der Waals surface area contributed by atoms with Crippen LogP contribution >= 0.6 is 11.3 Å². The van der Waals surface area contributed by atoms with Crippen LogP contribution in [0.15, 0.2) is 30.3 Å². The summed E-state index contributed by atoms with van der Waals surface area (Å²) in [5.41, 5.74) is 7.71. The monoisotopic (exact) mass is 438 g/mol. The molecule has 31 heavy (non-hydrogen) atoms. The Morgan fingerprint density at radius 2 is 1.90 bits per heavy atom. The number of hydrogen-bond acceptors (Lipinski definition) is 9. The maximum absolute atomic E-state index is 12.8. The Hall–Kier alpha value is -3.53. The van der Waals surface area contributed by atoms with Crippen LogP contribution in [0.5, 0.6) is 0 Å². The van der Waals surface area contributed by atoms with Crippen molar-refractivity contribution in [2.45, 2.75) is 33.3 Å². The average molecular weight is 439 g/mol. The summed E-state index contributed by atoms with van der Waals surface area (Å²) < 4.78 is 5.45. The number of amides is 1. The van der Waals surface area contributed by atoms with E-state index in [1.54, 1.807) is 0 Å². The van der Waals surface area contributed by atoms with Crippen molar-refractivity contribution < 1.29 is 14.3 Å². The van der Waals surface area contributed by atoms with Gasteiger partial charge < -0.3 is 21.1 Å².